The minimum Gasteiger partial charge on any atom is -0.328 e. The van der Waals surface area contributed by atoms with Crippen LogP contribution in [0.4, 0.5) is 4.39 Å². The van der Waals surface area contributed by atoms with Crippen LogP contribution in [0.15, 0.2) is 0 Å². The third-order valence-corrected chi connectivity index (χ3v) is 7.68. The summed E-state index contributed by atoms with van der Waals surface area (Å²) >= 11 is 6.47. The van der Waals surface area contributed by atoms with Crippen molar-refractivity contribution in [1.29, 1.82) is 0 Å². The molecule has 1 nitrogen and oxygen atoms in total. The molecule has 0 radical (unpaired) electrons. The molecule has 0 amide bonds. The Morgan fingerprint density at radius 3 is 1.86 bits per heavy atom. The Balaban J connectivity index is 1.49. The highest BCUT2D eigenvalue weighted by Crippen LogP contribution is 2.47. The van der Waals surface area contributed by atoms with Crippen LogP contribution < -0.4 is 5.73 Å². The summed E-state index contributed by atoms with van der Waals surface area (Å²) < 4.78 is 14.2. The van der Waals surface area contributed by atoms with E-state index in [0.29, 0.717) is 17.9 Å². The lowest BCUT2D eigenvalue weighted by Gasteiger charge is -2.43. The standard InChI is InChI=1S/C19H33ClFN/c1-12-2-11-17(18(20)19(12)21)15-5-3-13(4-6-15)14-7-9-16(22)10-8-14/h12-19H,2-11,22H2,1H3. The topological polar surface area (TPSA) is 26.0 Å². The molecule has 4 atom stereocenters. The fraction of sp³-hybridized carbons (Fsp3) is 1.00. The molecule has 2 N–H and O–H groups in total. The van der Waals surface area contributed by atoms with E-state index in [1.807, 2.05) is 6.92 Å². The Kier molecular flexibility index (Phi) is 5.71. The lowest BCUT2D eigenvalue weighted by atomic mass is 9.65. The van der Waals surface area contributed by atoms with E-state index in [0.717, 1.165) is 24.7 Å². The number of nitrogens with two attached hydrogens (primary N) is 1. The Morgan fingerprint density at radius 1 is 0.773 bits per heavy atom. The molecular formula is C19H33ClFN. The minimum absolute atomic E-state index is 0.154. The van der Waals surface area contributed by atoms with Gasteiger partial charge in [-0.05, 0) is 93.8 Å². The summed E-state index contributed by atoms with van der Waals surface area (Å²) in [6.45, 7) is 2.01. The van der Waals surface area contributed by atoms with Crippen LogP contribution in [0.1, 0.15) is 71.1 Å². The number of rotatable bonds is 2. The second-order valence-corrected chi connectivity index (χ2v) is 8.96. The van der Waals surface area contributed by atoms with Gasteiger partial charge in [0.2, 0.25) is 0 Å². The zero-order chi connectivity index (χ0) is 15.7. The maximum Gasteiger partial charge on any atom is 0.119 e. The quantitative estimate of drug-likeness (QED) is 0.683. The predicted molar refractivity (Wildman–Crippen MR) is 91.8 cm³/mol. The SMILES string of the molecule is CC1CCC(C2CCC(C3CCC(N)CC3)CC2)C(Cl)C1F. The van der Waals surface area contributed by atoms with Crippen molar-refractivity contribution >= 4 is 11.6 Å². The van der Waals surface area contributed by atoms with Gasteiger partial charge >= 0.3 is 0 Å². The van der Waals surface area contributed by atoms with Gasteiger partial charge in [-0.1, -0.05) is 6.92 Å². The molecule has 3 heteroatoms. The molecule has 0 aromatic heterocycles. The third-order valence-electron chi connectivity index (χ3n) is 7.12. The van der Waals surface area contributed by atoms with Crippen molar-refractivity contribution < 1.29 is 4.39 Å². The first-order valence-electron chi connectivity index (χ1n) is 9.60. The molecule has 0 saturated heterocycles. The number of hydrogen-bond donors (Lipinski definition) is 1. The monoisotopic (exact) mass is 329 g/mol. The zero-order valence-electron chi connectivity index (χ0n) is 14.0. The van der Waals surface area contributed by atoms with E-state index >= 15 is 0 Å². The maximum atomic E-state index is 14.2. The molecule has 4 unspecified atom stereocenters. The lowest BCUT2D eigenvalue weighted by Crippen LogP contribution is -2.41. The summed E-state index contributed by atoms with van der Waals surface area (Å²) in [7, 11) is 0. The maximum absolute atomic E-state index is 14.2. The van der Waals surface area contributed by atoms with Crippen molar-refractivity contribution in [2.75, 3.05) is 0 Å². The molecule has 3 rings (SSSR count). The molecule has 0 bridgehead atoms. The second kappa shape index (κ2) is 7.38. The summed E-state index contributed by atoms with van der Waals surface area (Å²) in [6.07, 6.45) is 11.7. The first kappa shape index (κ1) is 17.0. The van der Waals surface area contributed by atoms with Gasteiger partial charge in [0.05, 0.1) is 5.38 Å². The van der Waals surface area contributed by atoms with E-state index in [2.05, 4.69) is 0 Å². The molecule has 3 saturated carbocycles. The highest BCUT2D eigenvalue weighted by atomic mass is 35.5. The Hall–Kier alpha value is 0.180. The first-order valence-corrected chi connectivity index (χ1v) is 10.0. The fourth-order valence-corrected chi connectivity index (χ4v) is 6.06. The third kappa shape index (κ3) is 3.64. The minimum atomic E-state index is -0.794. The van der Waals surface area contributed by atoms with Gasteiger partial charge in [-0.2, -0.15) is 0 Å². The molecule has 3 aliphatic rings. The molecule has 128 valence electrons. The van der Waals surface area contributed by atoms with Crippen LogP contribution in [-0.2, 0) is 0 Å². The van der Waals surface area contributed by atoms with Crippen LogP contribution in [0.3, 0.4) is 0 Å². The second-order valence-electron chi connectivity index (χ2n) is 8.46. The lowest BCUT2D eigenvalue weighted by molar-refractivity contribution is 0.0756. The van der Waals surface area contributed by atoms with E-state index in [9.17, 15) is 4.39 Å². The largest absolute Gasteiger partial charge is 0.328 e. The summed E-state index contributed by atoms with van der Waals surface area (Å²) in [5.74, 6) is 3.07. The van der Waals surface area contributed by atoms with Gasteiger partial charge in [-0.3, -0.25) is 0 Å². The van der Waals surface area contributed by atoms with Gasteiger partial charge in [0.1, 0.15) is 6.17 Å². The molecule has 3 aliphatic carbocycles. The number of alkyl halides is 2. The van der Waals surface area contributed by atoms with Crippen molar-refractivity contribution in [1.82, 2.24) is 0 Å². The molecule has 0 aromatic rings. The van der Waals surface area contributed by atoms with Crippen molar-refractivity contribution in [3.63, 3.8) is 0 Å². The van der Waals surface area contributed by atoms with Gasteiger partial charge in [-0.25, -0.2) is 4.39 Å². The van der Waals surface area contributed by atoms with Gasteiger partial charge in [0, 0.05) is 6.04 Å². The van der Waals surface area contributed by atoms with Crippen LogP contribution in [-0.4, -0.2) is 17.6 Å². The smallest absolute Gasteiger partial charge is 0.119 e. The van der Waals surface area contributed by atoms with Gasteiger partial charge in [-0.15, -0.1) is 11.6 Å². The molecule has 0 heterocycles. The highest BCUT2D eigenvalue weighted by molar-refractivity contribution is 6.21. The van der Waals surface area contributed by atoms with Crippen LogP contribution >= 0.6 is 11.6 Å². The van der Waals surface area contributed by atoms with E-state index in [1.54, 1.807) is 0 Å². The molecule has 0 aromatic carbocycles. The molecule has 3 fully saturated rings. The van der Waals surface area contributed by atoms with Crippen LogP contribution in [0, 0.1) is 29.6 Å². The molecule has 0 spiro atoms. The predicted octanol–water partition coefficient (Wildman–Crippen LogP) is 5.30. The average Bonchev–Trinajstić information content (AvgIpc) is 2.54. The summed E-state index contributed by atoms with van der Waals surface area (Å²) in [5, 5.41) is -0.238. The average molecular weight is 330 g/mol. The molecule has 0 aliphatic heterocycles. The van der Waals surface area contributed by atoms with E-state index < -0.39 is 6.17 Å². The fourth-order valence-electron chi connectivity index (χ4n) is 5.48. The number of halogens is 2. The van der Waals surface area contributed by atoms with Gasteiger partial charge in [0.15, 0.2) is 0 Å². The first-order chi connectivity index (χ1) is 10.6. The Labute approximate surface area is 140 Å². The van der Waals surface area contributed by atoms with E-state index in [-0.39, 0.29) is 11.3 Å². The summed E-state index contributed by atoms with van der Waals surface area (Å²) in [4.78, 5) is 0. The Bertz CT molecular complexity index is 347. The van der Waals surface area contributed by atoms with E-state index in [1.165, 1.54) is 51.4 Å². The molecular weight excluding hydrogens is 297 g/mol. The van der Waals surface area contributed by atoms with Crippen molar-refractivity contribution in [3.05, 3.63) is 0 Å². The van der Waals surface area contributed by atoms with Crippen molar-refractivity contribution in [3.8, 4) is 0 Å². The van der Waals surface area contributed by atoms with E-state index in [4.69, 9.17) is 17.3 Å². The Morgan fingerprint density at radius 2 is 1.27 bits per heavy atom. The van der Waals surface area contributed by atoms with Crippen LogP contribution in [0.25, 0.3) is 0 Å². The van der Waals surface area contributed by atoms with Crippen LogP contribution in [0.5, 0.6) is 0 Å². The van der Waals surface area contributed by atoms with Crippen LogP contribution in [0.2, 0.25) is 0 Å². The normalized spacial score (nSPS) is 50.7. The summed E-state index contributed by atoms with van der Waals surface area (Å²) in [6, 6.07) is 0.454. The number of hydrogen-bond acceptors (Lipinski definition) is 1. The zero-order valence-corrected chi connectivity index (χ0v) is 14.8. The molecule has 22 heavy (non-hydrogen) atoms. The summed E-state index contributed by atoms with van der Waals surface area (Å²) in [5.41, 5.74) is 6.04. The van der Waals surface area contributed by atoms with Crippen molar-refractivity contribution in [2.45, 2.75) is 88.7 Å². The van der Waals surface area contributed by atoms with Gasteiger partial charge < -0.3 is 5.73 Å². The van der Waals surface area contributed by atoms with Crippen molar-refractivity contribution in [2.24, 2.45) is 35.3 Å². The highest BCUT2D eigenvalue weighted by Gasteiger charge is 2.41. The van der Waals surface area contributed by atoms with Gasteiger partial charge in [0.25, 0.3) is 0 Å².